The van der Waals surface area contributed by atoms with E-state index < -0.39 is 23.6 Å². The van der Waals surface area contributed by atoms with Crippen LogP contribution in [0.2, 0.25) is 0 Å². The highest BCUT2D eigenvalue weighted by molar-refractivity contribution is 5.76. The van der Waals surface area contributed by atoms with E-state index >= 15 is 0 Å². The first-order valence-electron chi connectivity index (χ1n) is 3.95. The van der Waals surface area contributed by atoms with Gasteiger partial charge < -0.3 is 10.4 Å². The van der Waals surface area contributed by atoms with Gasteiger partial charge in [-0.15, -0.1) is 0 Å². The lowest BCUT2D eigenvalue weighted by Crippen LogP contribution is -2.25. The second-order valence-corrected chi connectivity index (χ2v) is 2.81. The van der Waals surface area contributed by atoms with Crippen LogP contribution >= 0.6 is 0 Å². The highest BCUT2D eigenvalue weighted by atomic mass is 19.2. The van der Waals surface area contributed by atoms with E-state index in [0.29, 0.717) is 0 Å². The number of rotatable bonds is 3. The summed E-state index contributed by atoms with van der Waals surface area (Å²) >= 11 is 0. The molecule has 0 aliphatic carbocycles. The molecule has 1 aromatic carbocycles. The van der Waals surface area contributed by atoms with Crippen molar-refractivity contribution in [2.45, 2.75) is 13.0 Å². The first-order valence-corrected chi connectivity index (χ1v) is 3.95. The van der Waals surface area contributed by atoms with Crippen molar-refractivity contribution in [1.29, 1.82) is 0 Å². The van der Waals surface area contributed by atoms with Crippen molar-refractivity contribution in [2.75, 3.05) is 5.32 Å². The standard InChI is InChI=1S/C9H9F2NO2/c1-5(9(13)14)12-7-4-2-3-6(10)8(7)11/h2-5,12H,1H3,(H,13,14)/t5-/m0/s1. The molecule has 0 spiro atoms. The quantitative estimate of drug-likeness (QED) is 0.784. The Bertz CT molecular complexity index is 355. The van der Waals surface area contributed by atoms with Gasteiger partial charge in [-0.1, -0.05) is 6.07 Å². The number of benzene rings is 1. The van der Waals surface area contributed by atoms with E-state index in [4.69, 9.17) is 5.11 Å². The van der Waals surface area contributed by atoms with Gasteiger partial charge in [-0.3, -0.25) is 4.79 Å². The zero-order chi connectivity index (χ0) is 10.7. The van der Waals surface area contributed by atoms with Gasteiger partial charge in [0, 0.05) is 0 Å². The average Bonchev–Trinajstić information content (AvgIpc) is 2.12. The smallest absolute Gasteiger partial charge is 0.325 e. The van der Waals surface area contributed by atoms with Crippen molar-refractivity contribution in [3.8, 4) is 0 Å². The van der Waals surface area contributed by atoms with Gasteiger partial charge >= 0.3 is 5.97 Å². The molecule has 0 saturated carbocycles. The van der Waals surface area contributed by atoms with E-state index in [1.165, 1.54) is 19.1 Å². The Morgan fingerprint density at radius 1 is 1.50 bits per heavy atom. The molecule has 1 rings (SSSR count). The third-order valence-corrected chi connectivity index (χ3v) is 1.69. The second kappa shape index (κ2) is 4.04. The molecular weight excluding hydrogens is 192 g/mol. The van der Waals surface area contributed by atoms with Crippen LogP contribution in [0.5, 0.6) is 0 Å². The van der Waals surface area contributed by atoms with Crippen LogP contribution in [0.4, 0.5) is 14.5 Å². The van der Waals surface area contributed by atoms with Crippen molar-refractivity contribution in [2.24, 2.45) is 0 Å². The first-order chi connectivity index (χ1) is 6.52. The predicted octanol–water partition coefficient (Wildman–Crippen LogP) is 1.85. The summed E-state index contributed by atoms with van der Waals surface area (Å²) in [5.41, 5.74) is -0.153. The van der Waals surface area contributed by atoms with Crippen molar-refractivity contribution >= 4 is 11.7 Å². The van der Waals surface area contributed by atoms with Gasteiger partial charge in [-0.25, -0.2) is 8.78 Å². The maximum absolute atomic E-state index is 13.0. The van der Waals surface area contributed by atoms with Crippen molar-refractivity contribution < 1.29 is 18.7 Å². The normalized spacial score (nSPS) is 12.2. The summed E-state index contributed by atoms with van der Waals surface area (Å²) in [6.45, 7) is 1.34. The number of halogens is 2. The molecule has 0 bridgehead atoms. The Hall–Kier alpha value is -1.65. The van der Waals surface area contributed by atoms with Crippen LogP contribution in [0.25, 0.3) is 0 Å². The summed E-state index contributed by atoms with van der Waals surface area (Å²) in [6, 6.07) is 2.57. The van der Waals surface area contributed by atoms with E-state index in [0.717, 1.165) is 6.07 Å². The minimum absolute atomic E-state index is 0.153. The number of hydrogen-bond acceptors (Lipinski definition) is 2. The van der Waals surface area contributed by atoms with Gasteiger partial charge in [0.15, 0.2) is 11.6 Å². The van der Waals surface area contributed by atoms with Crippen LogP contribution in [0.3, 0.4) is 0 Å². The molecule has 14 heavy (non-hydrogen) atoms. The fraction of sp³-hybridized carbons (Fsp3) is 0.222. The Balaban J connectivity index is 2.87. The van der Waals surface area contributed by atoms with Crippen LogP contribution in [0, 0.1) is 11.6 Å². The molecular formula is C9H9F2NO2. The number of aliphatic carboxylic acids is 1. The van der Waals surface area contributed by atoms with Gasteiger partial charge in [-0.05, 0) is 19.1 Å². The molecule has 0 unspecified atom stereocenters. The number of hydrogen-bond donors (Lipinski definition) is 2. The average molecular weight is 201 g/mol. The first kappa shape index (κ1) is 10.4. The number of nitrogens with one attached hydrogen (secondary N) is 1. The van der Waals surface area contributed by atoms with Gasteiger partial charge in [0.1, 0.15) is 6.04 Å². The molecule has 0 radical (unpaired) electrons. The number of carboxylic acids is 1. The highest BCUT2D eigenvalue weighted by Gasteiger charge is 2.14. The van der Waals surface area contributed by atoms with Crippen LogP contribution < -0.4 is 5.32 Å². The fourth-order valence-corrected chi connectivity index (χ4v) is 0.910. The van der Waals surface area contributed by atoms with Crippen LogP contribution in [-0.2, 0) is 4.79 Å². The molecule has 3 nitrogen and oxygen atoms in total. The molecule has 76 valence electrons. The summed E-state index contributed by atoms with van der Waals surface area (Å²) in [4.78, 5) is 10.4. The highest BCUT2D eigenvalue weighted by Crippen LogP contribution is 2.17. The lowest BCUT2D eigenvalue weighted by Gasteiger charge is -2.11. The summed E-state index contributed by atoms with van der Waals surface area (Å²) in [7, 11) is 0. The molecule has 1 atom stereocenters. The Morgan fingerprint density at radius 3 is 2.71 bits per heavy atom. The van der Waals surface area contributed by atoms with Gasteiger partial charge in [0.2, 0.25) is 0 Å². The lowest BCUT2D eigenvalue weighted by atomic mass is 10.2. The largest absolute Gasteiger partial charge is 0.480 e. The molecule has 1 aromatic rings. The van der Waals surface area contributed by atoms with Crippen LogP contribution in [0.1, 0.15) is 6.92 Å². The van der Waals surface area contributed by atoms with E-state index in [2.05, 4.69) is 5.32 Å². The van der Waals surface area contributed by atoms with E-state index in [9.17, 15) is 13.6 Å². The lowest BCUT2D eigenvalue weighted by molar-refractivity contribution is -0.137. The van der Waals surface area contributed by atoms with Crippen LogP contribution in [0.15, 0.2) is 18.2 Å². The molecule has 0 saturated heterocycles. The Labute approximate surface area is 79.4 Å². The number of anilines is 1. The minimum Gasteiger partial charge on any atom is -0.480 e. The number of carboxylic acid groups (broad SMARTS) is 1. The molecule has 0 heterocycles. The summed E-state index contributed by atoms with van der Waals surface area (Å²) in [5, 5.41) is 10.9. The second-order valence-electron chi connectivity index (χ2n) is 2.81. The molecule has 0 amide bonds. The SMILES string of the molecule is C[C@H](Nc1cccc(F)c1F)C(=O)O. The molecule has 0 fully saturated rings. The fourth-order valence-electron chi connectivity index (χ4n) is 0.910. The predicted molar refractivity (Wildman–Crippen MR) is 47.1 cm³/mol. The molecule has 0 aliphatic heterocycles. The van der Waals surface area contributed by atoms with E-state index in [1.807, 2.05) is 0 Å². The Morgan fingerprint density at radius 2 is 2.14 bits per heavy atom. The summed E-state index contributed by atoms with van der Waals surface area (Å²) in [5.74, 6) is -3.21. The van der Waals surface area contributed by atoms with E-state index in [1.54, 1.807) is 0 Å². The third kappa shape index (κ3) is 2.18. The zero-order valence-electron chi connectivity index (χ0n) is 7.42. The minimum atomic E-state index is -1.13. The monoisotopic (exact) mass is 201 g/mol. The van der Waals surface area contributed by atoms with Crippen molar-refractivity contribution in [3.63, 3.8) is 0 Å². The maximum atomic E-state index is 13.0. The molecule has 5 heteroatoms. The topological polar surface area (TPSA) is 49.3 Å². The molecule has 0 aromatic heterocycles. The van der Waals surface area contributed by atoms with E-state index in [-0.39, 0.29) is 5.69 Å². The van der Waals surface area contributed by atoms with Crippen molar-refractivity contribution in [1.82, 2.24) is 0 Å². The zero-order valence-corrected chi connectivity index (χ0v) is 7.42. The summed E-state index contributed by atoms with van der Waals surface area (Å²) < 4.78 is 25.7. The Kier molecular flexibility index (Phi) is 3.01. The van der Waals surface area contributed by atoms with Crippen LogP contribution in [-0.4, -0.2) is 17.1 Å². The molecule has 0 aliphatic rings. The van der Waals surface area contributed by atoms with Gasteiger partial charge in [-0.2, -0.15) is 0 Å². The van der Waals surface area contributed by atoms with Crippen molar-refractivity contribution in [3.05, 3.63) is 29.8 Å². The third-order valence-electron chi connectivity index (χ3n) is 1.69. The molecule has 2 N–H and O–H groups in total. The van der Waals surface area contributed by atoms with Gasteiger partial charge in [0.05, 0.1) is 5.69 Å². The van der Waals surface area contributed by atoms with Gasteiger partial charge in [0.25, 0.3) is 0 Å². The maximum Gasteiger partial charge on any atom is 0.325 e. The number of carbonyl (C=O) groups is 1. The summed E-state index contributed by atoms with van der Waals surface area (Å²) in [6.07, 6.45) is 0.